The Bertz CT molecular complexity index is 383. The summed E-state index contributed by atoms with van der Waals surface area (Å²) in [7, 11) is 0. The molecule has 0 aliphatic carbocycles. The maximum atomic E-state index is 10.8. The van der Waals surface area contributed by atoms with Crippen molar-refractivity contribution in [3.8, 4) is 0 Å². The first kappa shape index (κ1) is 13.1. The van der Waals surface area contributed by atoms with Gasteiger partial charge in [-0.2, -0.15) is 0 Å². The van der Waals surface area contributed by atoms with Gasteiger partial charge in [0.1, 0.15) is 0 Å². The lowest BCUT2D eigenvalue weighted by Gasteiger charge is -2.26. The van der Waals surface area contributed by atoms with E-state index in [1.165, 1.54) is 5.56 Å². The second-order valence-electron chi connectivity index (χ2n) is 4.66. The van der Waals surface area contributed by atoms with Crippen LogP contribution in [-0.2, 0) is 22.4 Å². The zero-order valence-corrected chi connectivity index (χ0v) is 10.6. The van der Waals surface area contributed by atoms with Crippen LogP contribution in [0.3, 0.4) is 0 Å². The van der Waals surface area contributed by atoms with E-state index in [2.05, 4.69) is 17.0 Å². The fraction of sp³-hybridized carbons (Fsp3) is 0.500. The van der Waals surface area contributed by atoms with Crippen LogP contribution >= 0.6 is 0 Å². The maximum absolute atomic E-state index is 10.8. The molecule has 0 spiro atoms. The van der Waals surface area contributed by atoms with Crippen molar-refractivity contribution in [2.24, 2.45) is 5.73 Å². The third-order valence-electron chi connectivity index (χ3n) is 3.22. The van der Waals surface area contributed by atoms with E-state index in [1.807, 2.05) is 12.1 Å². The van der Waals surface area contributed by atoms with Crippen LogP contribution in [0.2, 0.25) is 0 Å². The molecule has 4 heteroatoms. The minimum absolute atomic E-state index is 0.281. The van der Waals surface area contributed by atoms with E-state index in [0.717, 1.165) is 44.8 Å². The molecule has 4 nitrogen and oxygen atoms in total. The van der Waals surface area contributed by atoms with Crippen molar-refractivity contribution in [1.82, 2.24) is 4.90 Å². The van der Waals surface area contributed by atoms with Crippen LogP contribution < -0.4 is 5.73 Å². The summed E-state index contributed by atoms with van der Waals surface area (Å²) in [6, 6.07) is 8.14. The minimum atomic E-state index is -0.281. The number of hydrogen-bond acceptors (Lipinski definition) is 3. The van der Waals surface area contributed by atoms with E-state index in [9.17, 15) is 4.79 Å². The van der Waals surface area contributed by atoms with Gasteiger partial charge in [-0.3, -0.25) is 9.69 Å². The van der Waals surface area contributed by atoms with Crippen molar-refractivity contribution >= 4 is 5.91 Å². The molecule has 1 amide bonds. The van der Waals surface area contributed by atoms with Crippen molar-refractivity contribution < 1.29 is 9.53 Å². The number of primary amides is 1. The minimum Gasteiger partial charge on any atom is -0.379 e. The average molecular weight is 248 g/mol. The normalized spacial score (nSPS) is 16.7. The van der Waals surface area contributed by atoms with Gasteiger partial charge in [-0.25, -0.2) is 0 Å². The number of rotatable bonds is 5. The van der Waals surface area contributed by atoms with Crippen molar-refractivity contribution in [2.75, 3.05) is 32.8 Å². The van der Waals surface area contributed by atoms with Gasteiger partial charge in [-0.05, 0) is 17.5 Å². The van der Waals surface area contributed by atoms with Gasteiger partial charge >= 0.3 is 0 Å². The highest BCUT2D eigenvalue weighted by Crippen LogP contribution is 2.07. The van der Waals surface area contributed by atoms with Crippen molar-refractivity contribution in [3.05, 3.63) is 35.4 Å². The Labute approximate surface area is 108 Å². The summed E-state index contributed by atoms with van der Waals surface area (Å²) in [5, 5.41) is 0. The van der Waals surface area contributed by atoms with E-state index >= 15 is 0 Å². The van der Waals surface area contributed by atoms with Gasteiger partial charge in [0.2, 0.25) is 5.91 Å². The number of carbonyl (C=O) groups is 1. The Hall–Kier alpha value is -1.39. The van der Waals surface area contributed by atoms with Crippen LogP contribution in [0.25, 0.3) is 0 Å². The molecule has 2 rings (SSSR count). The average Bonchev–Trinajstić information content (AvgIpc) is 2.38. The SMILES string of the molecule is NC(=O)Cc1ccc(CCN2CCOCC2)cc1. The Morgan fingerprint density at radius 1 is 1.17 bits per heavy atom. The Morgan fingerprint density at radius 3 is 2.39 bits per heavy atom. The fourth-order valence-corrected chi connectivity index (χ4v) is 2.14. The summed E-state index contributed by atoms with van der Waals surface area (Å²) in [5.74, 6) is -0.281. The predicted molar refractivity (Wildman–Crippen MR) is 70.3 cm³/mol. The molecule has 2 N–H and O–H groups in total. The van der Waals surface area contributed by atoms with Crippen molar-refractivity contribution in [2.45, 2.75) is 12.8 Å². The largest absolute Gasteiger partial charge is 0.379 e. The predicted octanol–water partition coefficient (Wildman–Crippen LogP) is 0.589. The monoisotopic (exact) mass is 248 g/mol. The molecular formula is C14H20N2O2. The van der Waals surface area contributed by atoms with Gasteiger partial charge in [0.05, 0.1) is 19.6 Å². The lowest BCUT2D eigenvalue weighted by atomic mass is 10.1. The highest BCUT2D eigenvalue weighted by molar-refractivity contribution is 5.76. The van der Waals surface area contributed by atoms with Gasteiger partial charge in [0, 0.05) is 19.6 Å². The molecule has 0 bridgehead atoms. The van der Waals surface area contributed by atoms with Crippen LogP contribution in [0.5, 0.6) is 0 Å². The van der Waals surface area contributed by atoms with E-state index in [0.29, 0.717) is 6.42 Å². The van der Waals surface area contributed by atoms with Crippen LogP contribution in [0.4, 0.5) is 0 Å². The first-order valence-electron chi connectivity index (χ1n) is 6.40. The summed E-state index contributed by atoms with van der Waals surface area (Å²) in [5.41, 5.74) is 7.45. The Kier molecular flexibility index (Phi) is 4.73. The quantitative estimate of drug-likeness (QED) is 0.829. The van der Waals surface area contributed by atoms with E-state index in [1.54, 1.807) is 0 Å². The molecule has 0 aromatic heterocycles. The zero-order valence-electron chi connectivity index (χ0n) is 10.6. The summed E-state index contributed by atoms with van der Waals surface area (Å²) >= 11 is 0. The fourth-order valence-electron chi connectivity index (χ4n) is 2.14. The number of morpholine rings is 1. The third kappa shape index (κ3) is 4.13. The Morgan fingerprint density at radius 2 is 1.78 bits per heavy atom. The first-order chi connectivity index (χ1) is 8.74. The van der Waals surface area contributed by atoms with Gasteiger partial charge < -0.3 is 10.5 Å². The van der Waals surface area contributed by atoms with Gasteiger partial charge in [-0.1, -0.05) is 24.3 Å². The summed E-state index contributed by atoms with van der Waals surface area (Å²) in [6.07, 6.45) is 1.36. The second-order valence-corrected chi connectivity index (χ2v) is 4.66. The zero-order chi connectivity index (χ0) is 12.8. The lowest BCUT2D eigenvalue weighted by molar-refractivity contribution is -0.117. The van der Waals surface area contributed by atoms with E-state index < -0.39 is 0 Å². The molecule has 0 atom stereocenters. The highest BCUT2D eigenvalue weighted by atomic mass is 16.5. The van der Waals surface area contributed by atoms with Crippen LogP contribution in [0, 0.1) is 0 Å². The number of ether oxygens (including phenoxy) is 1. The molecule has 1 aromatic carbocycles. The molecule has 1 heterocycles. The van der Waals surface area contributed by atoms with Gasteiger partial charge in [0.15, 0.2) is 0 Å². The van der Waals surface area contributed by atoms with Gasteiger partial charge in [-0.15, -0.1) is 0 Å². The topological polar surface area (TPSA) is 55.6 Å². The third-order valence-corrected chi connectivity index (χ3v) is 3.22. The molecule has 0 unspecified atom stereocenters. The molecule has 1 saturated heterocycles. The van der Waals surface area contributed by atoms with Crippen LogP contribution in [0.15, 0.2) is 24.3 Å². The maximum Gasteiger partial charge on any atom is 0.221 e. The molecule has 18 heavy (non-hydrogen) atoms. The highest BCUT2D eigenvalue weighted by Gasteiger charge is 2.09. The molecule has 0 saturated carbocycles. The summed E-state index contributed by atoms with van der Waals surface area (Å²) in [6.45, 7) is 4.81. The van der Waals surface area contributed by atoms with Crippen molar-refractivity contribution in [3.63, 3.8) is 0 Å². The molecule has 1 aliphatic rings. The summed E-state index contributed by atoms with van der Waals surface area (Å²) in [4.78, 5) is 13.2. The van der Waals surface area contributed by atoms with Crippen LogP contribution in [-0.4, -0.2) is 43.7 Å². The number of amides is 1. The van der Waals surface area contributed by atoms with Crippen molar-refractivity contribution in [1.29, 1.82) is 0 Å². The second kappa shape index (κ2) is 6.52. The molecule has 1 aliphatic heterocycles. The number of hydrogen-bond donors (Lipinski definition) is 1. The Balaban J connectivity index is 1.80. The molecular weight excluding hydrogens is 228 g/mol. The van der Waals surface area contributed by atoms with E-state index in [-0.39, 0.29) is 5.91 Å². The number of benzene rings is 1. The number of carbonyl (C=O) groups excluding carboxylic acids is 1. The lowest BCUT2D eigenvalue weighted by Crippen LogP contribution is -2.37. The smallest absolute Gasteiger partial charge is 0.221 e. The standard InChI is InChI=1S/C14H20N2O2/c15-14(17)11-13-3-1-12(2-4-13)5-6-16-7-9-18-10-8-16/h1-4H,5-11H2,(H2,15,17). The van der Waals surface area contributed by atoms with E-state index in [4.69, 9.17) is 10.5 Å². The number of nitrogens with two attached hydrogens (primary N) is 1. The summed E-state index contributed by atoms with van der Waals surface area (Å²) < 4.78 is 5.32. The van der Waals surface area contributed by atoms with Crippen LogP contribution in [0.1, 0.15) is 11.1 Å². The number of nitrogens with zero attached hydrogens (tertiary/aromatic N) is 1. The molecule has 1 aromatic rings. The molecule has 1 fully saturated rings. The molecule has 0 radical (unpaired) electrons. The van der Waals surface area contributed by atoms with Gasteiger partial charge in [0.25, 0.3) is 0 Å². The first-order valence-corrected chi connectivity index (χ1v) is 6.40. The molecule has 98 valence electrons.